The number of hydrogen-bond donors (Lipinski definition) is 3. The number of hydrogen-bond acceptors (Lipinski definition) is 4. The molecule has 1 heterocycles. The van der Waals surface area contributed by atoms with Gasteiger partial charge in [-0.3, -0.25) is 9.59 Å². The maximum absolute atomic E-state index is 11.8. The van der Waals surface area contributed by atoms with Gasteiger partial charge in [-0.05, 0) is 25.3 Å². The van der Waals surface area contributed by atoms with Crippen molar-refractivity contribution >= 4 is 11.8 Å². The van der Waals surface area contributed by atoms with Gasteiger partial charge in [0, 0.05) is 39.1 Å². The molecule has 2 amide bonds. The van der Waals surface area contributed by atoms with Crippen molar-refractivity contribution in [3.05, 3.63) is 0 Å². The first-order chi connectivity index (χ1) is 9.63. The van der Waals surface area contributed by atoms with Crippen LogP contribution in [0.1, 0.15) is 32.6 Å². The average molecular weight is 285 g/mol. The van der Waals surface area contributed by atoms with Gasteiger partial charge in [0.05, 0.1) is 6.61 Å². The second kappa shape index (κ2) is 9.72. The average Bonchev–Trinajstić information content (AvgIpc) is 2.42. The molecule has 2 unspecified atom stereocenters. The lowest BCUT2D eigenvalue weighted by molar-refractivity contribution is -0.122. The summed E-state index contributed by atoms with van der Waals surface area (Å²) in [5.74, 6) is 0.485. The molecule has 0 aliphatic carbocycles. The minimum absolute atomic E-state index is 0.0148. The van der Waals surface area contributed by atoms with Crippen molar-refractivity contribution in [1.29, 1.82) is 0 Å². The molecular weight excluding hydrogens is 258 g/mol. The number of nitrogens with one attached hydrogen (secondary N) is 3. The van der Waals surface area contributed by atoms with E-state index in [0.717, 1.165) is 6.54 Å². The largest absolute Gasteiger partial charge is 0.383 e. The SMILES string of the molecule is COCCNC(=O)CCNC(=O)CC1NCCCC1C. The minimum Gasteiger partial charge on any atom is -0.383 e. The summed E-state index contributed by atoms with van der Waals surface area (Å²) in [5, 5.41) is 8.90. The highest BCUT2D eigenvalue weighted by Gasteiger charge is 2.22. The van der Waals surface area contributed by atoms with Crippen molar-refractivity contribution in [2.45, 2.75) is 38.6 Å². The van der Waals surface area contributed by atoms with Gasteiger partial charge < -0.3 is 20.7 Å². The van der Waals surface area contributed by atoms with Gasteiger partial charge in [0.15, 0.2) is 0 Å². The van der Waals surface area contributed by atoms with Crippen LogP contribution in [-0.4, -0.2) is 51.2 Å². The summed E-state index contributed by atoms with van der Waals surface area (Å²) in [6.45, 7) is 4.56. The number of carbonyl (C=O) groups excluding carboxylic acids is 2. The predicted octanol–water partition coefficient (Wildman–Crippen LogP) is 0.0335. The Morgan fingerprint density at radius 2 is 2.00 bits per heavy atom. The molecule has 116 valence electrons. The van der Waals surface area contributed by atoms with Crippen molar-refractivity contribution < 1.29 is 14.3 Å². The Bertz CT molecular complexity index is 310. The highest BCUT2D eigenvalue weighted by Crippen LogP contribution is 2.17. The van der Waals surface area contributed by atoms with Crippen molar-refractivity contribution in [2.75, 3.05) is 33.4 Å². The van der Waals surface area contributed by atoms with Crippen LogP contribution in [0.5, 0.6) is 0 Å². The lowest BCUT2D eigenvalue weighted by Crippen LogP contribution is -2.43. The van der Waals surface area contributed by atoms with Crippen LogP contribution < -0.4 is 16.0 Å². The Morgan fingerprint density at radius 1 is 1.25 bits per heavy atom. The van der Waals surface area contributed by atoms with Crippen LogP contribution >= 0.6 is 0 Å². The van der Waals surface area contributed by atoms with E-state index in [9.17, 15) is 9.59 Å². The van der Waals surface area contributed by atoms with Crippen molar-refractivity contribution in [2.24, 2.45) is 5.92 Å². The molecule has 0 aromatic rings. The monoisotopic (exact) mass is 285 g/mol. The van der Waals surface area contributed by atoms with E-state index in [1.165, 1.54) is 12.8 Å². The Morgan fingerprint density at radius 3 is 2.70 bits per heavy atom. The van der Waals surface area contributed by atoms with E-state index in [2.05, 4.69) is 22.9 Å². The Kier molecular flexibility index (Phi) is 8.22. The van der Waals surface area contributed by atoms with E-state index in [4.69, 9.17) is 4.74 Å². The van der Waals surface area contributed by atoms with E-state index in [0.29, 0.717) is 38.5 Å². The van der Waals surface area contributed by atoms with Gasteiger partial charge >= 0.3 is 0 Å². The van der Waals surface area contributed by atoms with E-state index >= 15 is 0 Å². The van der Waals surface area contributed by atoms with Gasteiger partial charge in [0.25, 0.3) is 0 Å². The fourth-order valence-corrected chi connectivity index (χ4v) is 2.36. The van der Waals surface area contributed by atoms with E-state index in [1.54, 1.807) is 7.11 Å². The van der Waals surface area contributed by atoms with Crippen LogP contribution in [0.15, 0.2) is 0 Å². The smallest absolute Gasteiger partial charge is 0.221 e. The second-order valence-electron chi connectivity index (χ2n) is 5.33. The fourth-order valence-electron chi connectivity index (χ4n) is 2.36. The third-order valence-corrected chi connectivity index (χ3v) is 3.64. The van der Waals surface area contributed by atoms with Crippen molar-refractivity contribution in [1.82, 2.24) is 16.0 Å². The molecule has 0 saturated carbocycles. The summed E-state index contributed by atoms with van der Waals surface area (Å²) in [4.78, 5) is 23.2. The summed E-state index contributed by atoms with van der Waals surface area (Å²) in [5.41, 5.74) is 0. The molecule has 1 rings (SSSR count). The third kappa shape index (κ3) is 6.86. The van der Waals surface area contributed by atoms with Crippen LogP contribution in [0, 0.1) is 5.92 Å². The normalized spacial score (nSPS) is 22.3. The van der Waals surface area contributed by atoms with Crippen molar-refractivity contribution in [3.63, 3.8) is 0 Å². The quantitative estimate of drug-likeness (QED) is 0.550. The summed E-state index contributed by atoms with van der Waals surface area (Å²) >= 11 is 0. The van der Waals surface area contributed by atoms with Gasteiger partial charge in [-0.15, -0.1) is 0 Å². The molecule has 6 nitrogen and oxygen atoms in total. The molecule has 0 bridgehead atoms. The zero-order valence-corrected chi connectivity index (χ0v) is 12.5. The molecular formula is C14H27N3O3. The molecule has 0 radical (unpaired) electrons. The van der Waals surface area contributed by atoms with Crippen LogP contribution in [0.4, 0.5) is 0 Å². The van der Waals surface area contributed by atoms with Crippen molar-refractivity contribution in [3.8, 4) is 0 Å². The maximum atomic E-state index is 11.8. The van der Waals surface area contributed by atoms with Gasteiger partial charge in [0.2, 0.25) is 11.8 Å². The second-order valence-corrected chi connectivity index (χ2v) is 5.33. The van der Waals surface area contributed by atoms with Crippen LogP contribution in [0.25, 0.3) is 0 Å². The standard InChI is InChI=1S/C14H27N3O3/c1-11-4-3-6-15-12(11)10-14(19)16-7-5-13(18)17-8-9-20-2/h11-12,15H,3-10H2,1-2H3,(H,16,19)(H,17,18). The minimum atomic E-state index is -0.0634. The molecule has 0 aromatic heterocycles. The Balaban J connectivity index is 2.09. The molecule has 3 N–H and O–H groups in total. The number of methoxy groups -OCH3 is 1. The van der Waals surface area contributed by atoms with Gasteiger partial charge in [0.1, 0.15) is 0 Å². The van der Waals surface area contributed by atoms with Gasteiger partial charge in [-0.1, -0.05) is 6.92 Å². The zero-order valence-electron chi connectivity index (χ0n) is 12.5. The number of rotatable bonds is 8. The van der Waals surface area contributed by atoms with Gasteiger partial charge in [-0.2, -0.15) is 0 Å². The molecule has 0 spiro atoms. The molecule has 6 heteroatoms. The predicted molar refractivity (Wildman–Crippen MR) is 77.3 cm³/mol. The molecule has 1 aliphatic heterocycles. The first kappa shape index (κ1) is 16.9. The van der Waals surface area contributed by atoms with E-state index in [1.807, 2.05) is 0 Å². The Labute approximate surface area is 121 Å². The van der Waals surface area contributed by atoms with Crippen LogP contribution in [-0.2, 0) is 14.3 Å². The Hall–Kier alpha value is -1.14. The summed E-state index contributed by atoms with van der Waals surface area (Å²) in [6.07, 6.45) is 3.16. The fraction of sp³-hybridized carbons (Fsp3) is 0.857. The number of piperidine rings is 1. The molecule has 1 saturated heterocycles. The molecule has 0 aromatic carbocycles. The lowest BCUT2D eigenvalue weighted by Gasteiger charge is -2.29. The highest BCUT2D eigenvalue weighted by molar-refractivity contribution is 5.79. The summed E-state index contributed by atoms with van der Waals surface area (Å²) in [6, 6.07) is 0.263. The van der Waals surface area contributed by atoms with E-state index < -0.39 is 0 Å². The molecule has 1 fully saturated rings. The maximum Gasteiger partial charge on any atom is 0.221 e. The zero-order chi connectivity index (χ0) is 14.8. The lowest BCUT2D eigenvalue weighted by atomic mass is 9.90. The highest BCUT2D eigenvalue weighted by atomic mass is 16.5. The third-order valence-electron chi connectivity index (χ3n) is 3.64. The molecule has 1 aliphatic rings. The first-order valence-electron chi connectivity index (χ1n) is 7.39. The van der Waals surface area contributed by atoms with E-state index in [-0.39, 0.29) is 17.9 Å². The number of amides is 2. The first-order valence-corrected chi connectivity index (χ1v) is 7.39. The topological polar surface area (TPSA) is 79.5 Å². The summed E-state index contributed by atoms with van der Waals surface area (Å²) < 4.78 is 4.84. The number of ether oxygens (including phenoxy) is 1. The van der Waals surface area contributed by atoms with Crippen LogP contribution in [0.2, 0.25) is 0 Å². The molecule has 2 atom stereocenters. The summed E-state index contributed by atoms with van der Waals surface area (Å²) in [7, 11) is 1.59. The molecule has 20 heavy (non-hydrogen) atoms. The van der Waals surface area contributed by atoms with Crippen LogP contribution in [0.3, 0.4) is 0 Å². The number of carbonyl (C=O) groups is 2. The van der Waals surface area contributed by atoms with Gasteiger partial charge in [-0.25, -0.2) is 0 Å².